The van der Waals surface area contributed by atoms with Crippen molar-refractivity contribution in [2.24, 2.45) is 0 Å². The number of amides is 2. The summed E-state index contributed by atoms with van der Waals surface area (Å²) in [6, 6.07) is 4.09. The lowest BCUT2D eigenvalue weighted by molar-refractivity contribution is -0.122. The fourth-order valence-electron chi connectivity index (χ4n) is 2.25. The Balaban J connectivity index is 1.89. The molecule has 6 nitrogen and oxygen atoms in total. The summed E-state index contributed by atoms with van der Waals surface area (Å²) in [5.41, 5.74) is 9.52. The molecule has 4 N–H and O–H groups in total. The minimum absolute atomic E-state index is 0.0862. The van der Waals surface area contributed by atoms with E-state index in [2.05, 4.69) is 21.5 Å². The normalized spacial score (nSPS) is 18.2. The van der Waals surface area contributed by atoms with Crippen LogP contribution in [0.4, 0.5) is 5.69 Å². The van der Waals surface area contributed by atoms with Gasteiger partial charge in [-0.25, -0.2) is 10.9 Å². The highest BCUT2D eigenvalue weighted by Gasteiger charge is 2.18. The van der Waals surface area contributed by atoms with Crippen molar-refractivity contribution in [1.29, 1.82) is 0 Å². The third-order valence-electron chi connectivity index (χ3n) is 3.10. The number of anilines is 1. The van der Waals surface area contributed by atoms with E-state index >= 15 is 0 Å². The standard InChI is InChI=1S/C14H20N4O2S/c1-8-4-9(2)13(10(3)5-8)16-12(20)7-21-14-17-11(19)6-15-18-14/h4-5,14-15,18H,6-7H2,1-3H3,(H,16,20)(H,17,19). The van der Waals surface area contributed by atoms with Gasteiger partial charge in [0.05, 0.1) is 12.3 Å². The predicted octanol–water partition coefficient (Wildman–Crippen LogP) is 0.791. The van der Waals surface area contributed by atoms with Crippen molar-refractivity contribution in [2.75, 3.05) is 17.6 Å². The Labute approximate surface area is 128 Å². The molecular formula is C14H20N4O2S. The van der Waals surface area contributed by atoms with Gasteiger partial charge in [0.1, 0.15) is 5.50 Å². The highest BCUT2D eigenvalue weighted by molar-refractivity contribution is 8.00. The molecule has 1 fully saturated rings. The second kappa shape index (κ2) is 6.93. The third-order valence-corrected chi connectivity index (χ3v) is 4.09. The molecule has 2 amide bonds. The van der Waals surface area contributed by atoms with Gasteiger partial charge in [0.25, 0.3) is 0 Å². The number of carbonyl (C=O) groups is 2. The number of nitrogens with one attached hydrogen (secondary N) is 4. The highest BCUT2D eigenvalue weighted by atomic mass is 32.2. The number of hydrazine groups is 1. The molecule has 1 atom stereocenters. The largest absolute Gasteiger partial charge is 0.330 e. The molecule has 0 aromatic heterocycles. The summed E-state index contributed by atoms with van der Waals surface area (Å²) < 4.78 is 0. The van der Waals surface area contributed by atoms with Gasteiger partial charge in [-0.05, 0) is 31.9 Å². The maximum absolute atomic E-state index is 12.0. The summed E-state index contributed by atoms with van der Waals surface area (Å²) in [7, 11) is 0. The van der Waals surface area contributed by atoms with Crippen LogP contribution in [-0.4, -0.2) is 29.6 Å². The van der Waals surface area contributed by atoms with Gasteiger partial charge in [-0.2, -0.15) is 0 Å². The van der Waals surface area contributed by atoms with Crippen LogP contribution in [0.25, 0.3) is 0 Å². The molecule has 1 saturated heterocycles. The molecule has 0 saturated carbocycles. The molecule has 1 aliphatic heterocycles. The quantitative estimate of drug-likeness (QED) is 0.661. The number of carbonyl (C=O) groups excluding carboxylic acids is 2. The second-order valence-electron chi connectivity index (χ2n) is 5.08. The molecule has 1 aromatic rings. The molecule has 0 bridgehead atoms. The monoisotopic (exact) mass is 308 g/mol. The summed E-state index contributed by atoms with van der Waals surface area (Å²) in [6.45, 7) is 6.24. The third kappa shape index (κ3) is 4.45. The number of thioether (sulfide) groups is 1. The van der Waals surface area contributed by atoms with Gasteiger partial charge in [-0.15, -0.1) is 11.8 Å². The Hall–Kier alpha value is -1.57. The number of hydrogen-bond acceptors (Lipinski definition) is 5. The van der Waals surface area contributed by atoms with Gasteiger partial charge in [0, 0.05) is 5.69 Å². The van der Waals surface area contributed by atoms with Crippen molar-refractivity contribution in [3.63, 3.8) is 0 Å². The maximum Gasteiger partial charge on any atom is 0.237 e. The average molecular weight is 308 g/mol. The van der Waals surface area contributed by atoms with Gasteiger partial charge in [-0.1, -0.05) is 17.7 Å². The minimum atomic E-state index is -0.294. The van der Waals surface area contributed by atoms with E-state index in [1.807, 2.05) is 32.9 Å². The molecule has 21 heavy (non-hydrogen) atoms. The van der Waals surface area contributed by atoms with E-state index in [0.717, 1.165) is 16.8 Å². The summed E-state index contributed by atoms with van der Waals surface area (Å²) in [5, 5.41) is 5.67. The average Bonchev–Trinajstić information content (AvgIpc) is 2.40. The molecule has 0 radical (unpaired) electrons. The van der Waals surface area contributed by atoms with E-state index in [1.165, 1.54) is 17.3 Å². The van der Waals surface area contributed by atoms with Gasteiger partial charge in [-0.3, -0.25) is 9.59 Å². The molecule has 0 spiro atoms. The number of aryl methyl sites for hydroxylation is 3. The van der Waals surface area contributed by atoms with E-state index in [9.17, 15) is 9.59 Å². The van der Waals surface area contributed by atoms with Crippen molar-refractivity contribution in [3.8, 4) is 0 Å². The van der Waals surface area contributed by atoms with Crippen LogP contribution in [0.15, 0.2) is 12.1 Å². The molecular weight excluding hydrogens is 288 g/mol. The first-order valence-electron chi connectivity index (χ1n) is 6.73. The van der Waals surface area contributed by atoms with E-state index in [-0.39, 0.29) is 29.6 Å². The van der Waals surface area contributed by atoms with E-state index in [1.54, 1.807) is 0 Å². The lowest BCUT2D eigenvalue weighted by atomic mass is 10.1. The number of benzene rings is 1. The second-order valence-corrected chi connectivity index (χ2v) is 6.17. The lowest BCUT2D eigenvalue weighted by Gasteiger charge is -2.24. The summed E-state index contributed by atoms with van der Waals surface area (Å²) in [5.74, 6) is 0.0837. The maximum atomic E-state index is 12.0. The van der Waals surface area contributed by atoms with E-state index in [0.29, 0.717) is 0 Å². The topological polar surface area (TPSA) is 82.3 Å². The Morgan fingerprint density at radius 1 is 1.33 bits per heavy atom. The summed E-state index contributed by atoms with van der Waals surface area (Å²) in [4.78, 5) is 23.2. The Kier molecular flexibility index (Phi) is 5.22. The fourth-order valence-corrected chi connectivity index (χ4v) is 3.02. The van der Waals surface area contributed by atoms with Crippen LogP contribution in [0.1, 0.15) is 16.7 Å². The highest BCUT2D eigenvalue weighted by Crippen LogP contribution is 2.22. The first-order chi connectivity index (χ1) is 9.95. The molecule has 1 heterocycles. The van der Waals surface area contributed by atoms with Crippen LogP contribution in [0.2, 0.25) is 0 Å². The van der Waals surface area contributed by atoms with Crippen LogP contribution in [0.3, 0.4) is 0 Å². The predicted molar refractivity (Wildman–Crippen MR) is 84.8 cm³/mol. The Bertz CT molecular complexity index is 539. The fraction of sp³-hybridized carbons (Fsp3) is 0.429. The first-order valence-corrected chi connectivity index (χ1v) is 7.77. The first kappa shape index (κ1) is 15.8. The van der Waals surface area contributed by atoms with Crippen LogP contribution in [0.5, 0.6) is 0 Å². The molecule has 7 heteroatoms. The molecule has 114 valence electrons. The molecule has 1 aromatic carbocycles. The van der Waals surface area contributed by atoms with Gasteiger partial charge >= 0.3 is 0 Å². The van der Waals surface area contributed by atoms with Crippen LogP contribution >= 0.6 is 11.8 Å². The zero-order valence-corrected chi connectivity index (χ0v) is 13.2. The van der Waals surface area contributed by atoms with Crippen molar-refractivity contribution < 1.29 is 9.59 Å². The zero-order chi connectivity index (χ0) is 15.4. The van der Waals surface area contributed by atoms with Crippen molar-refractivity contribution in [2.45, 2.75) is 26.3 Å². The molecule has 0 aliphatic carbocycles. The molecule has 2 rings (SSSR count). The minimum Gasteiger partial charge on any atom is -0.330 e. The van der Waals surface area contributed by atoms with Gasteiger partial charge in [0.2, 0.25) is 11.8 Å². The van der Waals surface area contributed by atoms with Crippen LogP contribution in [0, 0.1) is 20.8 Å². The van der Waals surface area contributed by atoms with Crippen molar-refractivity contribution >= 4 is 29.3 Å². The van der Waals surface area contributed by atoms with Crippen molar-refractivity contribution in [3.05, 3.63) is 28.8 Å². The SMILES string of the molecule is Cc1cc(C)c(NC(=O)CSC2NNCC(=O)N2)c(C)c1. The van der Waals surface area contributed by atoms with Crippen LogP contribution in [-0.2, 0) is 9.59 Å². The smallest absolute Gasteiger partial charge is 0.237 e. The van der Waals surface area contributed by atoms with Crippen LogP contribution < -0.4 is 21.5 Å². The molecule has 1 unspecified atom stereocenters. The summed E-state index contributed by atoms with van der Waals surface area (Å²) in [6.07, 6.45) is 0. The molecule has 1 aliphatic rings. The van der Waals surface area contributed by atoms with E-state index in [4.69, 9.17) is 0 Å². The van der Waals surface area contributed by atoms with E-state index < -0.39 is 0 Å². The Morgan fingerprint density at radius 2 is 2.00 bits per heavy atom. The lowest BCUT2D eigenvalue weighted by Crippen LogP contribution is -2.58. The van der Waals surface area contributed by atoms with Crippen molar-refractivity contribution in [1.82, 2.24) is 16.2 Å². The number of hydrogen-bond donors (Lipinski definition) is 4. The summed E-state index contributed by atoms with van der Waals surface area (Å²) >= 11 is 1.33. The zero-order valence-electron chi connectivity index (χ0n) is 12.4. The number of rotatable bonds is 4. The van der Waals surface area contributed by atoms with Gasteiger partial charge < -0.3 is 10.6 Å². The Morgan fingerprint density at radius 3 is 2.62 bits per heavy atom. The van der Waals surface area contributed by atoms with Gasteiger partial charge in [0.15, 0.2) is 0 Å².